The number of hydrogen-bond acceptors (Lipinski definition) is 4. The second-order valence-electron chi connectivity index (χ2n) is 7.27. The molecular weight excluding hydrogens is 483 g/mol. The van der Waals surface area contributed by atoms with Gasteiger partial charge in [-0.1, -0.05) is 26.0 Å². The summed E-state index contributed by atoms with van der Waals surface area (Å²) in [7, 11) is 3.39. The molecule has 1 aromatic rings. The zero-order chi connectivity index (χ0) is 20.4. The molecule has 0 saturated heterocycles. The maximum Gasteiger partial charge on any atom is 0.222 e. The Morgan fingerprint density at radius 2 is 1.86 bits per heavy atom. The first kappa shape index (κ1) is 25.3. The fraction of sp³-hybridized carbons (Fsp3) is 0.619. The summed E-state index contributed by atoms with van der Waals surface area (Å²) in [5.74, 6) is 2.28. The Bertz CT molecular complexity index is 661. The van der Waals surface area contributed by atoms with Gasteiger partial charge >= 0.3 is 0 Å². The van der Waals surface area contributed by atoms with Crippen LogP contribution < -0.4 is 25.4 Å². The Balaban J connectivity index is 0.00000420. The number of amides is 1. The second-order valence-corrected chi connectivity index (χ2v) is 7.27. The Hall–Kier alpha value is -1.71. The van der Waals surface area contributed by atoms with Crippen LogP contribution in [0.3, 0.4) is 0 Å². The van der Waals surface area contributed by atoms with Crippen LogP contribution in [-0.4, -0.2) is 45.2 Å². The smallest absolute Gasteiger partial charge is 0.222 e. The Kier molecular flexibility index (Phi) is 11.8. The molecule has 0 atom stereocenters. The van der Waals surface area contributed by atoms with Crippen molar-refractivity contribution in [3.05, 3.63) is 23.8 Å². The highest BCUT2D eigenvalue weighted by molar-refractivity contribution is 14.0. The van der Waals surface area contributed by atoms with Gasteiger partial charge in [0.25, 0.3) is 0 Å². The van der Waals surface area contributed by atoms with Gasteiger partial charge < -0.3 is 25.4 Å². The first-order chi connectivity index (χ1) is 13.5. The number of rotatable bonds is 9. The van der Waals surface area contributed by atoms with Gasteiger partial charge in [-0.25, -0.2) is 0 Å². The number of nitrogens with zero attached hydrogens (tertiary/aromatic N) is 1. The molecule has 1 saturated carbocycles. The molecule has 3 N–H and O–H groups in total. The van der Waals surface area contributed by atoms with E-state index in [4.69, 9.17) is 9.47 Å². The first-order valence-corrected chi connectivity index (χ1v) is 10.1. The molecule has 1 aliphatic carbocycles. The van der Waals surface area contributed by atoms with Gasteiger partial charge in [-0.15, -0.1) is 24.0 Å². The van der Waals surface area contributed by atoms with E-state index >= 15 is 0 Å². The number of carbonyl (C=O) groups excluding carboxylic acids is 1. The molecule has 1 fully saturated rings. The highest BCUT2D eigenvalue weighted by Gasteiger charge is 2.20. The molecule has 7 nitrogen and oxygen atoms in total. The van der Waals surface area contributed by atoms with Crippen LogP contribution >= 0.6 is 24.0 Å². The van der Waals surface area contributed by atoms with E-state index in [0.29, 0.717) is 25.6 Å². The van der Waals surface area contributed by atoms with Crippen LogP contribution in [0.1, 0.15) is 45.1 Å². The van der Waals surface area contributed by atoms with Crippen molar-refractivity contribution in [2.24, 2.45) is 10.9 Å². The van der Waals surface area contributed by atoms with E-state index in [9.17, 15) is 4.79 Å². The summed E-state index contributed by atoms with van der Waals surface area (Å²) < 4.78 is 11.8. The number of guanidine groups is 1. The topological polar surface area (TPSA) is 84.0 Å². The highest BCUT2D eigenvalue weighted by atomic mass is 127. The molecule has 1 aromatic carbocycles. The average molecular weight is 518 g/mol. The van der Waals surface area contributed by atoms with Gasteiger partial charge in [-0.3, -0.25) is 9.79 Å². The molecular formula is C21H35IN4O3. The number of ether oxygens (including phenoxy) is 2. The lowest BCUT2D eigenvalue weighted by atomic mass is 10.1. The molecule has 0 aromatic heterocycles. The summed E-state index contributed by atoms with van der Waals surface area (Å²) in [5.41, 5.74) is 1.03. The van der Waals surface area contributed by atoms with Gasteiger partial charge in [0.15, 0.2) is 17.5 Å². The van der Waals surface area contributed by atoms with Crippen molar-refractivity contribution in [2.75, 3.05) is 27.2 Å². The summed E-state index contributed by atoms with van der Waals surface area (Å²) in [5, 5.41) is 9.39. The summed E-state index contributed by atoms with van der Waals surface area (Å²) >= 11 is 0. The van der Waals surface area contributed by atoms with Gasteiger partial charge in [0.2, 0.25) is 5.91 Å². The Morgan fingerprint density at radius 3 is 2.48 bits per heavy atom. The summed E-state index contributed by atoms with van der Waals surface area (Å²) in [6.07, 6.45) is 4.89. The molecule has 29 heavy (non-hydrogen) atoms. The van der Waals surface area contributed by atoms with Crippen LogP contribution in [0.4, 0.5) is 0 Å². The molecule has 0 aliphatic heterocycles. The number of hydrogen-bond donors (Lipinski definition) is 3. The van der Waals surface area contributed by atoms with Crippen molar-refractivity contribution >= 4 is 35.8 Å². The minimum atomic E-state index is -0.0104. The van der Waals surface area contributed by atoms with Crippen molar-refractivity contribution in [2.45, 2.75) is 52.2 Å². The second kappa shape index (κ2) is 13.5. The molecule has 1 amide bonds. The highest BCUT2D eigenvalue weighted by Crippen LogP contribution is 2.34. The van der Waals surface area contributed by atoms with E-state index in [2.05, 4.69) is 20.9 Å². The van der Waals surface area contributed by atoms with Crippen molar-refractivity contribution in [3.8, 4) is 11.5 Å². The van der Waals surface area contributed by atoms with E-state index in [-0.39, 0.29) is 41.9 Å². The van der Waals surface area contributed by atoms with Crippen molar-refractivity contribution < 1.29 is 14.3 Å². The minimum absolute atomic E-state index is 0. The van der Waals surface area contributed by atoms with E-state index in [0.717, 1.165) is 29.9 Å². The van der Waals surface area contributed by atoms with Crippen LogP contribution in [0, 0.1) is 5.92 Å². The maximum atomic E-state index is 11.6. The molecule has 8 heteroatoms. The lowest BCUT2D eigenvalue weighted by Gasteiger charge is -2.20. The molecule has 2 rings (SSSR count). The van der Waals surface area contributed by atoms with Crippen LogP contribution in [0.15, 0.2) is 23.2 Å². The standard InChI is InChI=1S/C21H34N4O3.HI/c1-15(2)20(26)23-12-13-24-21(22-3)25-14-16-8-7-11-18(27-4)19(16)28-17-9-5-6-10-17;/h7-8,11,15,17H,5-6,9-10,12-14H2,1-4H3,(H,23,26)(H2,22,24,25);1H. The van der Waals surface area contributed by atoms with Crippen molar-refractivity contribution in [1.29, 1.82) is 0 Å². The third-order valence-corrected chi connectivity index (χ3v) is 4.78. The number of halogens is 1. The van der Waals surface area contributed by atoms with Gasteiger partial charge in [0, 0.05) is 38.2 Å². The third kappa shape index (κ3) is 8.28. The third-order valence-electron chi connectivity index (χ3n) is 4.78. The summed E-state index contributed by atoms with van der Waals surface area (Å²) in [6, 6.07) is 5.93. The summed E-state index contributed by atoms with van der Waals surface area (Å²) in [6.45, 7) is 5.47. The van der Waals surface area contributed by atoms with Crippen LogP contribution in [0.25, 0.3) is 0 Å². The monoisotopic (exact) mass is 518 g/mol. The molecule has 1 aliphatic rings. The van der Waals surface area contributed by atoms with Gasteiger partial charge in [0.1, 0.15) is 0 Å². The van der Waals surface area contributed by atoms with E-state index in [1.54, 1.807) is 14.2 Å². The van der Waals surface area contributed by atoms with E-state index in [1.165, 1.54) is 12.8 Å². The molecule has 0 bridgehead atoms. The predicted octanol–water partition coefficient (Wildman–Crippen LogP) is 3.07. The molecule has 0 spiro atoms. The number of para-hydroxylation sites is 1. The van der Waals surface area contributed by atoms with Gasteiger partial charge in [-0.05, 0) is 31.7 Å². The van der Waals surface area contributed by atoms with E-state index in [1.807, 2.05) is 32.0 Å². The van der Waals surface area contributed by atoms with Crippen LogP contribution in [-0.2, 0) is 11.3 Å². The minimum Gasteiger partial charge on any atom is -0.493 e. The molecule has 0 radical (unpaired) electrons. The number of benzene rings is 1. The van der Waals surface area contributed by atoms with Crippen LogP contribution in [0.5, 0.6) is 11.5 Å². The number of carbonyl (C=O) groups is 1. The normalized spacial score (nSPS) is 14.3. The fourth-order valence-electron chi connectivity index (χ4n) is 3.14. The fourth-order valence-corrected chi connectivity index (χ4v) is 3.14. The number of nitrogens with one attached hydrogen (secondary N) is 3. The van der Waals surface area contributed by atoms with Gasteiger partial charge in [-0.2, -0.15) is 0 Å². The van der Waals surface area contributed by atoms with Crippen LogP contribution in [0.2, 0.25) is 0 Å². The largest absolute Gasteiger partial charge is 0.493 e. The molecule has 0 unspecified atom stereocenters. The lowest BCUT2D eigenvalue weighted by molar-refractivity contribution is -0.123. The molecule has 164 valence electrons. The average Bonchev–Trinajstić information content (AvgIpc) is 3.21. The SMILES string of the molecule is CN=C(NCCNC(=O)C(C)C)NCc1cccc(OC)c1OC1CCCC1.I. The first-order valence-electron chi connectivity index (χ1n) is 10.1. The maximum absolute atomic E-state index is 11.6. The van der Waals surface area contributed by atoms with Crippen molar-refractivity contribution in [3.63, 3.8) is 0 Å². The zero-order valence-corrected chi connectivity index (χ0v) is 20.2. The Morgan fingerprint density at radius 1 is 1.17 bits per heavy atom. The van der Waals surface area contributed by atoms with E-state index < -0.39 is 0 Å². The quantitative estimate of drug-likeness (QED) is 0.203. The molecule has 0 heterocycles. The van der Waals surface area contributed by atoms with Gasteiger partial charge in [0.05, 0.1) is 13.2 Å². The van der Waals surface area contributed by atoms with Crippen molar-refractivity contribution in [1.82, 2.24) is 16.0 Å². The summed E-state index contributed by atoms with van der Waals surface area (Å²) in [4.78, 5) is 15.8. The lowest BCUT2D eigenvalue weighted by Crippen LogP contribution is -2.41. The zero-order valence-electron chi connectivity index (χ0n) is 17.9. The number of methoxy groups -OCH3 is 1. The Labute approximate surface area is 191 Å². The number of aliphatic imine (C=N–C) groups is 1. The predicted molar refractivity (Wildman–Crippen MR) is 127 cm³/mol.